The van der Waals surface area contributed by atoms with E-state index in [1.807, 2.05) is 4.90 Å². The molecule has 0 unspecified atom stereocenters. The Morgan fingerprint density at radius 2 is 1.74 bits per heavy atom. The molecule has 0 spiro atoms. The van der Waals surface area contributed by atoms with E-state index in [0.29, 0.717) is 13.0 Å². The minimum absolute atomic E-state index is 0.236. The number of amides is 1. The predicted molar refractivity (Wildman–Crippen MR) is 146 cm³/mol. The van der Waals surface area contributed by atoms with Gasteiger partial charge in [-0.2, -0.15) is 4.37 Å². The van der Waals surface area contributed by atoms with E-state index in [1.54, 1.807) is 0 Å². The molecule has 1 aliphatic heterocycles. The summed E-state index contributed by atoms with van der Waals surface area (Å²) in [5.41, 5.74) is 5.05. The average molecular weight is 492 g/mol. The monoisotopic (exact) mass is 491 g/mol. The first kappa shape index (κ1) is 25.2. The summed E-state index contributed by atoms with van der Waals surface area (Å²) >= 11 is 1.45. The van der Waals surface area contributed by atoms with Gasteiger partial charge in [0.1, 0.15) is 5.82 Å². The molecule has 2 aromatic carbocycles. The lowest BCUT2D eigenvalue weighted by atomic mass is 10.1. The third kappa shape index (κ3) is 6.82. The van der Waals surface area contributed by atoms with Crippen molar-refractivity contribution in [1.29, 1.82) is 0 Å². The van der Waals surface area contributed by atoms with Crippen LogP contribution in [0.15, 0.2) is 48.5 Å². The molecule has 1 aliphatic rings. The number of carbonyl (C=O) groups is 1. The molecule has 0 saturated carbocycles. The van der Waals surface area contributed by atoms with Crippen LogP contribution in [0.2, 0.25) is 0 Å². The first-order valence-electron chi connectivity index (χ1n) is 12.7. The molecule has 1 amide bonds. The Bertz CT molecular complexity index is 1090. The number of para-hydroxylation sites is 1. The van der Waals surface area contributed by atoms with Crippen LogP contribution in [0.1, 0.15) is 48.7 Å². The van der Waals surface area contributed by atoms with Crippen molar-refractivity contribution < 1.29 is 4.79 Å². The number of carbonyl (C=O) groups excluding carboxylic acids is 1. The lowest BCUT2D eigenvalue weighted by Gasteiger charge is -2.37. The van der Waals surface area contributed by atoms with Gasteiger partial charge in [0.25, 0.3) is 0 Å². The van der Waals surface area contributed by atoms with Crippen molar-refractivity contribution in [2.75, 3.05) is 49.1 Å². The molecule has 4 rings (SSSR count). The van der Waals surface area contributed by atoms with Crippen LogP contribution in [0, 0.1) is 13.8 Å². The molecular formula is C28H37N5OS. The summed E-state index contributed by atoms with van der Waals surface area (Å²) in [6.07, 6.45) is 3.44. The number of anilines is 2. The van der Waals surface area contributed by atoms with Crippen molar-refractivity contribution in [3.05, 3.63) is 71.0 Å². The third-order valence-corrected chi connectivity index (χ3v) is 7.49. The maximum Gasteiger partial charge on any atom is 0.224 e. The van der Waals surface area contributed by atoms with Crippen molar-refractivity contribution in [3.8, 4) is 0 Å². The van der Waals surface area contributed by atoms with Crippen LogP contribution in [0.5, 0.6) is 0 Å². The van der Waals surface area contributed by atoms with Crippen molar-refractivity contribution in [2.24, 2.45) is 0 Å². The van der Waals surface area contributed by atoms with Gasteiger partial charge in [-0.05, 0) is 37.5 Å². The fraction of sp³-hybridized carbons (Fsp3) is 0.464. The zero-order valence-corrected chi connectivity index (χ0v) is 22.1. The highest BCUT2D eigenvalue weighted by molar-refractivity contribution is 7.09. The molecule has 1 aromatic heterocycles. The Kier molecular flexibility index (Phi) is 8.74. The summed E-state index contributed by atoms with van der Waals surface area (Å²) in [4.78, 5) is 24.5. The standard InChI is InChI=1S/C28H37N5OS/c1-4-5-15-33(28-29-26(30-35-28)21-24-12-10-22(2)11-13-24)16-14-27(34)32-19-17-31(18-20-32)25-9-7-6-8-23(25)3/h6-13H,4-5,14-21H2,1-3H3. The summed E-state index contributed by atoms with van der Waals surface area (Å²) in [6.45, 7) is 11.4. The minimum Gasteiger partial charge on any atom is -0.368 e. The third-order valence-electron chi connectivity index (χ3n) is 6.68. The van der Waals surface area contributed by atoms with Crippen molar-refractivity contribution in [1.82, 2.24) is 14.3 Å². The van der Waals surface area contributed by atoms with Crippen LogP contribution < -0.4 is 9.80 Å². The number of aryl methyl sites for hydroxylation is 2. The fourth-order valence-electron chi connectivity index (χ4n) is 4.49. The molecule has 6 nitrogen and oxygen atoms in total. The van der Waals surface area contributed by atoms with Gasteiger partial charge in [0.05, 0.1) is 0 Å². The van der Waals surface area contributed by atoms with Crippen molar-refractivity contribution >= 4 is 28.3 Å². The van der Waals surface area contributed by atoms with Gasteiger partial charge in [-0.25, -0.2) is 4.98 Å². The molecule has 2 heterocycles. The maximum atomic E-state index is 13.0. The van der Waals surface area contributed by atoms with E-state index in [4.69, 9.17) is 4.98 Å². The lowest BCUT2D eigenvalue weighted by molar-refractivity contribution is -0.131. The van der Waals surface area contributed by atoms with Crippen LogP contribution in [0.25, 0.3) is 0 Å². The minimum atomic E-state index is 0.236. The SMILES string of the molecule is CCCCN(CCC(=O)N1CCN(c2ccccc2C)CC1)c1nc(Cc2ccc(C)cc2)ns1. The molecular weight excluding hydrogens is 454 g/mol. The number of rotatable bonds is 10. The van der Waals surface area contributed by atoms with Crippen molar-refractivity contribution in [2.45, 2.75) is 46.5 Å². The normalized spacial score (nSPS) is 13.8. The predicted octanol–water partition coefficient (Wildman–Crippen LogP) is 5.09. The second-order valence-electron chi connectivity index (χ2n) is 9.40. The first-order valence-corrected chi connectivity index (χ1v) is 13.5. The molecule has 35 heavy (non-hydrogen) atoms. The number of hydrogen-bond acceptors (Lipinski definition) is 6. The molecule has 186 valence electrons. The molecule has 1 fully saturated rings. The van der Waals surface area contributed by atoms with Crippen LogP contribution in [0.4, 0.5) is 10.8 Å². The molecule has 3 aromatic rings. The Morgan fingerprint density at radius 3 is 2.46 bits per heavy atom. The summed E-state index contributed by atoms with van der Waals surface area (Å²) in [5.74, 6) is 1.09. The van der Waals surface area contributed by atoms with Gasteiger partial charge in [-0.15, -0.1) is 0 Å². The molecule has 7 heteroatoms. The quantitative estimate of drug-likeness (QED) is 0.395. The zero-order chi connectivity index (χ0) is 24.6. The molecule has 0 N–H and O–H groups in total. The Hall–Kier alpha value is -2.93. The van der Waals surface area contributed by atoms with Gasteiger partial charge in [0.15, 0.2) is 0 Å². The molecule has 0 aliphatic carbocycles. The number of nitrogens with zero attached hydrogens (tertiary/aromatic N) is 5. The number of benzene rings is 2. The molecule has 0 radical (unpaired) electrons. The first-order chi connectivity index (χ1) is 17.0. The summed E-state index contributed by atoms with van der Waals surface area (Å²) in [7, 11) is 0. The number of aromatic nitrogens is 2. The highest BCUT2D eigenvalue weighted by Gasteiger charge is 2.23. The van der Waals surface area contributed by atoms with Gasteiger partial charge in [0, 0.05) is 69.3 Å². The van der Waals surface area contributed by atoms with Crippen molar-refractivity contribution in [3.63, 3.8) is 0 Å². The Balaban J connectivity index is 1.31. The number of unbranched alkanes of at least 4 members (excludes halogenated alkanes) is 1. The van der Waals surface area contributed by atoms with Crippen LogP contribution in [-0.4, -0.2) is 59.4 Å². The van der Waals surface area contributed by atoms with E-state index in [9.17, 15) is 4.79 Å². The Morgan fingerprint density at radius 1 is 1.00 bits per heavy atom. The smallest absolute Gasteiger partial charge is 0.224 e. The van der Waals surface area contributed by atoms with E-state index in [0.717, 1.165) is 62.9 Å². The fourth-order valence-corrected chi connectivity index (χ4v) is 5.23. The summed E-state index contributed by atoms with van der Waals surface area (Å²) < 4.78 is 4.61. The second-order valence-corrected chi connectivity index (χ2v) is 10.1. The van der Waals surface area contributed by atoms with Gasteiger partial charge < -0.3 is 14.7 Å². The van der Waals surface area contributed by atoms with Gasteiger partial charge in [-0.1, -0.05) is 61.4 Å². The maximum absolute atomic E-state index is 13.0. The highest BCUT2D eigenvalue weighted by Crippen LogP contribution is 2.22. The van der Waals surface area contributed by atoms with Gasteiger partial charge in [0.2, 0.25) is 11.0 Å². The second kappa shape index (κ2) is 12.2. The van der Waals surface area contributed by atoms with E-state index in [2.05, 4.69) is 83.5 Å². The topological polar surface area (TPSA) is 52.6 Å². The summed E-state index contributed by atoms with van der Waals surface area (Å²) in [5, 5.41) is 0.928. The van der Waals surface area contributed by atoms with Gasteiger partial charge in [-0.3, -0.25) is 4.79 Å². The largest absolute Gasteiger partial charge is 0.368 e. The van der Waals surface area contributed by atoms with Gasteiger partial charge >= 0.3 is 0 Å². The van der Waals surface area contributed by atoms with E-state index in [-0.39, 0.29) is 5.91 Å². The van der Waals surface area contributed by atoms with E-state index in [1.165, 1.54) is 33.9 Å². The molecule has 0 atom stereocenters. The van der Waals surface area contributed by atoms with E-state index >= 15 is 0 Å². The van der Waals surface area contributed by atoms with E-state index < -0.39 is 0 Å². The molecule has 1 saturated heterocycles. The Labute approximate surface area is 213 Å². The average Bonchev–Trinajstić information content (AvgIpc) is 3.34. The van der Waals surface area contributed by atoms with Crippen LogP contribution in [0.3, 0.4) is 0 Å². The van der Waals surface area contributed by atoms with Crippen LogP contribution >= 0.6 is 11.5 Å². The summed E-state index contributed by atoms with van der Waals surface area (Å²) in [6, 6.07) is 17.0. The van der Waals surface area contributed by atoms with Crippen LogP contribution in [-0.2, 0) is 11.2 Å². The highest BCUT2D eigenvalue weighted by atomic mass is 32.1. The number of piperazine rings is 1. The number of hydrogen-bond donors (Lipinski definition) is 0. The lowest BCUT2D eigenvalue weighted by Crippen LogP contribution is -2.49. The zero-order valence-electron chi connectivity index (χ0n) is 21.2. The molecule has 0 bridgehead atoms.